The van der Waals surface area contributed by atoms with E-state index in [-0.39, 0.29) is 11.6 Å². The highest BCUT2D eigenvalue weighted by Gasteiger charge is 2.18. The second-order valence-corrected chi connectivity index (χ2v) is 7.24. The summed E-state index contributed by atoms with van der Waals surface area (Å²) < 4.78 is 31.0. The summed E-state index contributed by atoms with van der Waals surface area (Å²) in [5, 5.41) is 3.21. The largest absolute Gasteiger partial charge is 0.451 e. The smallest absolute Gasteiger partial charge is 0.350 e. The van der Waals surface area contributed by atoms with Gasteiger partial charge in [0.15, 0.2) is 6.61 Å². The first-order chi connectivity index (χ1) is 13.9. The van der Waals surface area contributed by atoms with E-state index in [0.717, 1.165) is 16.9 Å². The molecule has 1 N–H and O–H groups in total. The van der Waals surface area contributed by atoms with Crippen molar-refractivity contribution in [2.75, 3.05) is 13.2 Å². The molecule has 150 valence electrons. The number of thiazole rings is 1. The van der Waals surface area contributed by atoms with Gasteiger partial charge in [-0.15, -0.1) is 11.3 Å². The molecule has 0 bridgehead atoms. The summed E-state index contributed by atoms with van der Waals surface area (Å²) >= 11 is 1.12. The van der Waals surface area contributed by atoms with Gasteiger partial charge in [0.2, 0.25) is 0 Å². The lowest BCUT2D eigenvalue weighted by molar-refractivity contribution is -0.124. The second-order valence-electron chi connectivity index (χ2n) is 6.24. The van der Waals surface area contributed by atoms with E-state index in [4.69, 9.17) is 4.74 Å². The van der Waals surface area contributed by atoms with Crippen LogP contribution >= 0.6 is 11.3 Å². The zero-order valence-electron chi connectivity index (χ0n) is 15.6. The normalized spacial score (nSPS) is 10.6. The molecule has 0 aliphatic carbocycles. The van der Waals surface area contributed by atoms with Crippen LogP contribution in [0.2, 0.25) is 0 Å². The highest BCUT2D eigenvalue weighted by Crippen LogP contribution is 2.28. The number of nitrogens with zero attached hydrogens (tertiary/aromatic N) is 1. The van der Waals surface area contributed by atoms with Crippen LogP contribution in [0, 0.1) is 18.6 Å². The number of aryl methyl sites for hydroxylation is 1. The molecule has 0 aliphatic heterocycles. The summed E-state index contributed by atoms with van der Waals surface area (Å²) in [6, 6.07) is 11.8. The predicted molar refractivity (Wildman–Crippen MR) is 106 cm³/mol. The fourth-order valence-electron chi connectivity index (χ4n) is 2.55. The fraction of sp³-hybridized carbons (Fsp3) is 0.190. The molecule has 0 radical (unpaired) electrons. The second kappa shape index (κ2) is 9.38. The molecule has 1 heterocycles. The molecular weight excluding hydrogens is 398 g/mol. The van der Waals surface area contributed by atoms with E-state index in [1.165, 1.54) is 24.3 Å². The average Bonchev–Trinajstić information content (AvgIpc) is 3.10. The third-order valence-corrected chi connectivity index (χ3v) is 5.24. The predicted octanol–water partition coefficient (Wildman–Crippen LogP) is 3.91. The molecule has 3 rings (SSSR count). The summed E-state index contributed by atoms with van der Waals surface area (Å²) in [6.45, 7) is 1.60. The van der Waals surface area contributed by atoms with Crippen LogP contribution in [-0.4, -0.2) is 30.0 Å². The molecule has 0 spiro atoms. The molecule has 3 aromatic rings. The van der Waals surface area contributed by atoms with Crippen molar-refractivity contribution in [1.29, 1.82) is 0 Å². The van der Waals surface area contributed by atoms with E-state index in [2.05, 4.69) is 10.3 Å². The highest BCUT2D eigenvalue weighted by molar-refractivity contribution is 7.17. The molecule has 0 saturated heterocycles. The maximum Gasteiger partial charge on any atom is 0.350 e. The Hall–Kier alpha value is -3.13. The van der Waals surface area contributed by atoms with Crippen LogP contribution in [0.15, 0.2) is 48.5 Å². The number of ether oxygens (including phenoxy) is 1. The Labute approximate surface area is 170 Å². The molecule has 0 atom stereocenters. The van der Waals surface area contributed by atoms with Gasteiger partial charge in [0.1, 0.15) is 21.5 Å². The van der Waals surface area contributed by atoms with Gasteiger partial charge in [-0.05, 0) is 55.3 Å². The first-order valence-electron chi connectivity index (χ1n) is 8.84. The van der Waals surface area contributed by atoms with Crippen LogP contribution in [0.1, 0.15) is 20.9 Å². The van der Waals surface area contributed by atoms with E-state index < -0.39 is 18.5 Å². The van der Waals surface area contributed by atoms with Crippen LogP contribution in [-0.2, 0) is 16.0 Å². The van der Waals surface area contributed by atoms with Gasteiger partial charge in [0.25, 0.3) is 5.91 Å². The lowest BCUT2D eigenvalue weighted by Gasteiger charge is -2.06. The minimum Gasteiger partial charge on any atom is -0.451 e. The SMILES string of the molecule is Cc1nc(-c2ccc(F)cc2)sc1C(=O)OCC(=O)NCCc1ccc(F)cc1. The Balaban J connectivity index is 1.49. The van der Waals surface area contributed by atoms with Gasteiger partial charge in [-0.2, -0.15) is 0 Å². The van der Waals surface area contributed by atoms with Gasteiger partial charge >= 0.3 is 5.97 Å². The number of hydrogen-bond donors (Lipinski definition) is 1. The third kappa shape index (κ3) is 5.68. The summed E-state index contributed by atoms with van der Waals surface area (Å²) in [4.78, 5) is 28.8. The van der Waals surface area contributed by atoms with Crippen LogP contribution in [0.5, 0.6) is 0 Å². The Morgan fingerprint density at radius 3 is 2.31 bits per heavy atom. The number of aromatic nitrogens is 1. The number of nitrogens with one attached hydrogen (secondary N) is 1. The minimum atomic E-state index is -0.637. The first-order valence-corrected chi connectivity index (χ1v) is 9.65. The Kier molecular flexibility index (Phi) is 6.66. The Bertz CT molecular complexity index is 1000. The molecule has 0 unspecified atom stereocenters. The van der Waals surface area contributed by atoms with E-state index in [1.54, 1.807) is 31.2 Å². The third-order valence-electron chi connectivity index (χ3n) is 4.06. The maximum atomic E-state index is 13.0. The molecule has 1 amide bonds. The lowest BCUT2D eigenvalue weighted by Crippen LogP contribution is -2.30. The quantitative estimate of drug-likeness (QED) is 0.593. The molecule has 29 heavy (non-hydrogen) atoms. The molecule has 0 aliphatic rings. The molecule has 2 aromatic carbocycles. The minimum absolute atomic E-state index is 0.295. The zero-order chi connectivity index (χ0) is 20.8. The van der Waals surface area contributed by atoms with Crippen molar-refractivity contribution in [3.63, 3.8) is 0 Å². The summed E-state index contributed by atoms with van der Waals surface area (Å²) in [7, 11) is 0. The van der Waals surface area contributed by atoms with E-state index in [1.807, 2.05) is 0 Å². The lowest BCUT2D eigenvalue weighted by atomic mass is 10.1. The standard InChI is InChI=1S/C21H18F2N2O3S/c1-13-19(29-20(25-13)15-4-8-17(23)9-5-15)21(27)28-12-18(26)24-11-10-14-2-6-16(22)7-3-14/h2-9H,10-12H2,1H3,(H,24,26). The van der Waals surface area contributed by atoms with Gasteiger partial charge in [0, 0.05) is 12.1 Å². The van der Waals surface area contributed by atoms with Crippen LogP contribution in [0.3, 0.4) is 0 Å². The summed E-state index contributed by atoms with van der Waals surface area (Å²) in [6.07, 6.45) is 0.537. The van der Waals surface area contributed by atoms with Crippen molar-refractivity contribution < 1.29 is 23.1 Å². The van der Waals surface area contributed by atoms with Gasteiger partial charge in [-0.1, -0.05) is 12.1 Å². The monoisotopic (exact) mass is 416 g/mol. The molecule has 0 fully saturated rings. The Morgan fingerprint density at radius 2 is 1.66 bits per heavy atom. The summed E-state index contributed by atoms with van der Waals surface area (Å²) in [5.74, 6) is -1.74. The maximum absolute atomic E-state index is 13.0. The molecule has 8 heteroatoms. The van der Waals surface area contributed by atoms with Gasteiger partial charge < -0.3 is 10.1 Å². The van der Waals surface area contributed by atoms with Gasteiger partial charge in [0.05, 0.1) is 5.69 Å². The number of benzene rings is 2. The number of hydrogen-bond acceptors (Lipinski definition) is 5. The van der Waals surface area contributed by atoms with Crippen molar-refractivity contribution in [2.24, 2.45) is 0 Å². The number of amides is 1. The number of carbonyl (C=O) groups excluding carboxylic acids is 2. The zero-order valence-corrected chi connectivity index (χ0v) is 16.4. The molecular formula is C21H18F2N2O3S. The van der Waals surface area contributed by atoms with E-state index in [0.29, 0.717) is 34.1 Å². The highest BCUT2D eigenvalue weighted by atomic mass is 32.1. The average molecular weight is 416 g/mol. The van der Waals surface area contributed by atoms with Crippen LogP contribution in [0.25, 0.3) is 10.6 Å². The first kappa shape index (κ1) is 20.6. The van der Waals surface area contributed by atoms with Crippen molar-refractivity contribution in [1.82, 2.24) is 10.3 Å². The topological polar surface area (TPSA) is 68.3 Å². The molecule has 0 saturated carbocycles. The number of carbonyl (C=O) groups is 2. The van der Waals surface area contributed by atoms with Crippen molar-refractivity contribution >= 4 is 23.2 Å². The van der Waals surface area contributed by atoms with E-state index >= 15 is 0 Å². The number of halogens is 2. The van der Waals surface area contributed by atoms with E-state index in [9.17, 15) is 18.4 Å². The summed E-state index contributed by atoms with van der Waals surface area (Å²) in [5.41, 5.74) is 2.06. The van der Waals surface area contributed by atoms with Crippen molar-refractivity contribution in [3.05, 3.63) is 76.3 Å². The Morgan fingerprint density at radius 1 is 1.03 bits per heavy atom. The van der Waals surface area contributed by atoms with Gasteiger partial charge in [-0.25, -0.2) is 18.6 Å². The van der Waals surface area contributed by atoms with Crippen molar-refractivity contribution in [2.45, 2.75) is 13.3 Å². The van der Waals surface area contributed by atoms with Gasteiger partial charge in [-0.3, -0.25) is 4.79 Å². The number of rotatable bonds is 7. The molecule has 1 aromatic heterocycles. The van der Waals surface area contributed by atoms with Crippen molar-refractivity contribution in [3.8, 4) is 10.6 Å². The fourth-order valence-corrected chi connectivity index (χ4v) is 3.51. The van der Waals surface area contributed by atoms with Crippen LogP contribution < -0.4 is 5.32 Å². The number of esters is 1. The molecule has 5 nitrogen and oxygen atoms in total. The van der Waals surface area contributed by atoms with Crippen LogP contribution in [0.4, 0.5) is 8.78 Å².